The van der Waals surface area contributed by atoms with Crippen LogP contribution in [-0.2, 0) is 9.59 Å². The highest BCUT2D eigenvalue weighted by Crippen LogP contribution is 2.30. The third-order valence-electron chi connectivity index (χ3n) is 3.55. The molecule has 0 unspecified atom stereocenters. The fraction of sp³-hybridized carbons (Fsp3) is 0.118. The first-order chi connectivity index (χ1) is 12.1. The topological polar surface area (TPSA) is 101 Å². The Bertz CT molecular complexity index is 851. The van der Waals surface area contributed by atoms with Crippen molar-refractivity contribution in [2.45, 2.75) is 0 Å². The summed E-state index contributed by atoms with van der Waals surface area (Å²) in [6.07, 6.45) is 4.27. The molecule has 1 aromatic carbocycles. The molecule has 1 aliphatic heterocycles. The number of aliphatic imine (C=N–C) groups is 1. The van der Waals surface area contributed by atoms with Gasteiger partial charge in [0.2, 0.25) is 5.91 Å². The summed E-state index contributed by atoms with van der Waals surface area (Å²) in [5.74, 6) is -2.33. The summed E-state index contributed by atoms with van der Waals surface area (Å²) in [4.78, 5) is 45.8. The zero-order valence-corrected chi connectivity index (χ0v) is 13.2. The largest absolute Gasteiger partial charge is 0.495 e. The van der Waals surface area contributed by atoms with E-state index >= 15 is 0 Å². The lowest BCUT2D eigenvalue weighted by Gasteiger charge is -2.29. The smallest absolute Gasteiger partial charge is 0.335 e. The average Bonchev–Trinajstić information content (AvgIpc) is 2.62. The van der Waals surface area contributed by atoms with Crippen LogP contribution >= 0.6 is 0 Å². The molecule has 0 radical (unpaired) electrons. The maximum absolute atomic E-state index is 12.7. The van der Waals surface area contributed by atoms with Crippen LogP contribution in [0.5, 0.6) is 5.75 Å². The van der Waals surface area contributed by atoms with E-state index in [0.717, 1.165) is 4.90 Å². The molecule has 0 spiro atoms. The molecule has 25 heavy (non-hydrogen) atoms. The molecule has 2 heterocycles. The molecule has 1 saturated heterocycles. The maximum atomic E-state index is 12.7. The van der Waals surface area contributed by atoms with Gasteiger partial charge in [0.1, 0.15) is 5.75 Å². The summed E-state index contributed by atoms with van der Waals surface area (Å²) >= 11 is 0. The molecular formula is C17H14N4O4. The van der Waals surface area contributed by atoms with Crippen LogP contribution in [0.2, 0.25) is 0 Å². The highest BCUT2D eigenvalue weighted by atomic mass is 16.5. The van der Waals surface area contributed by atoms with E-state index in [2.05, 4.69) is 15.3 Å². The van der Waals surface area contributed by atoms with E-state index in [1.54, 1.807) is 42.6 Å². The van der Waals surface area contributed by atoms with Crippen molar-refractivity contribution in [3.63, 3.8) is 0 Å². The highest BCUT2D eigenvalue weighted by molar-refractivity contribution is 6.33. The number of nitrogens with zero attached hydrogens (tertiary/aromatic N) is 3. The minimum atomic E-state index is -1.23. The maximum Gasteiger partial charge on any atom is 0.335 e. The van der Waals surface area contributed by atoms with Crippen LogP contribution in [0.4, 0.5) is 16.2 Å². The number of rotatable bonds is 4. The second-order valence-corrected chi connectivity index (χ2v) is 5.11. The summed E-state index contributed by atoms with van der Waals surface area (Å²) in [6.45, 7) is 0. The van der Waals surface area contributed by atoms with Gasteiger partial charge in [0.25, 0.3) is 5.91 Å². The van der Waals surface area contributed by atoms with E-state index in [4.69, 9.17) is 4.74 Å². The third kappa shape index (κ3) is 3.23. The number of para-hydroxylation sites is 2. The van der Waals surface area contributed by atoms with Gasteiger partial charge in [0.15, 0.2) is 5.92 Å². The number of nitrogens with one attached hydrogen (secondary N) is 1. The summed E-state index contributed by atoms with van der Waals surface area (Å²) in [7, 11) is 1.43. The quantitative estimate of drug-likeness (QED) is 0.675. The van der Waals surface area contributed by atoms with Crippen LogP contribution in [0.25, 0.3) is 0 Å². The molecule has 1 aliphatic rings. The van der Waals surface area contributed by atoms with Crippen LogP contribution in [0.15, 0.2) is 53.8 Å². The van der Waals surface area contributed by atoms with Crippen molar-refractivity contribution in [1.82, 2.24) is 10.3 Å². The minimum Gasteiger partial charge on any atom is -0.495 e. The van der Waals surface area contributed by atoms with E-state index in [0.29, 0.717) is 11.4 Å². The van der Waals surface area contributed by atoms with Crippen LogP contribution in [0.1, 0.15) is 0 Å². The fourth-order valence-corrected chi connectivity index (χ4v) is 2.36. The molecule has 1 fully saturated rings. The highest BCUT2D eigenvalue weighted by Gasteiger charge is 2.41. The predicted molar refractivity (Wildman–Crippen MR) is 89.9 cm³/mol. The van der Waals surface area contributed by atoms with Crippen molar-refractivity contribution in [2.75, 3.05) is 12.0 Å². The SMILES string of the molecule is COc1ccccc1N1C(=O)NC(=O)[C@H](C=Nc2cccnc2)C1=O. The van der Waals surface area contributed by atoms with Crippen molar-refractivity contribution in [3.8, 4) is 5.75 Å². The lowest BCUT2D eigenvalue weighted by molar-refractivity contribution is -0.131. The summed E-state index contributed by atoms with van der Waals surface area (Å²) in [5.41, 5.74) is 0.739. The van der Waals surface area contributed by atoms with Crippen LogP contribution in [0.3, 0.4) is 0 Å². The van der Waals surface area contributed by atoms with Crippen LogP contribution < -0.4 is 15.0 Å². The number of pyridine rings is 1. The number of urea groups is 1. The Morgan fingerprint density at radius 2 is 2.00 bits per heavy atom. The Morgan fingerprint density at radius 1 is 1.20 bits per heavy atom. The zero-order chi connectivity index (χ0) is 17.8. The van der Waals surface area contributed by atoms with Crippen molar-refractivity contribution < 1.29 is 19.1 Å². The lowest BCUT2D eigenvalue weighted by atomic mass is 10.1. The number of hydrogen-bond donors (Lipinski definition) is 1. The van der Waals surface area contributed by atoms with Gasteiger partial charge in [0, 0.05) is 12.4 Å². The normalized spacial score (nSPS) is 17.7. The van der Waals surface area contributed by atoms with Gasteiger partial charge < -0.3 is 4.74 Å². The molecular weight excluding hydrogens is 324 g/mol. The van der Waals surface area contributed by atoms with Gasteiger partial charge >= 0.3 is 6.03 Å². The number of benzene rings is 1. The first-order valence-electron chi connectivity index (χ1n) is 7.38. The Kier molecular flexibility index (Phi) is 4.51. The number of anilines is 1. The van der Waals surface area contributed by atoms with Gasteiger partial charge in [-0.2, -0.15) is 0 Å². The summed E-state index contributed by atoms with van der Waals surface area (Å²) < 4.78 is 5.19. The first-order valence-corrected chi connectivity index (χ1v) is 7.38. The van der Waals surface area contributed by atoms with E-state index in [1.165, 1.54) is 19.5 Å². The molecule has 3 rings (SSSR count). The predicted octanol–water partition coefficient (Wildman–Crippen LogP) is 1.69. The van der Waals surface area contributed by atoms with Gasteiger partial charge in [-0.05, 0) is 24.3 Å². The van der Waals surface area contributed by atoms with Crippen molar-refractivity contribution in [3.05, 3.63) is 48.8 Å². The second kappa shape index (κ2) is 6.91. The van der Waals surface area contributed by atoms with Gasteiger partial charge in [0.05, 0.1) is 24.7 Å². The molecule has 8 nitrogen and oxygen atoms in total. The van der Waals surface area contributed by atoms with Gasteiger partial charge in [-0.1, -0.05) is 12.1 Å². The number of imide groups is 2. The molecule has 0 aliphatic carbocycles. The number of ether oxygens (including phenoxy) is 1. The monoisotopic (exact) mass is 338 g/mol. The molecule has 1 aromatic heterocycles. The molecule has 1 N–H and O–H groups in total. The number of methoxy groups -OCH3 is 1. The first kappa shape index (κ1) is 16.3. The molecule has 4 amide bonds. The number of carbonyl (C=O) groups excluding carboxylic acids is 3. The lowest BCUT2D eigenvalue weighted by Crippen LogP contribution is -2.58. The molecule has 0 saturated carbocycles. The molecule has 2 aromatic rings. The molecule has 8 heteroatoms. The van der Waals surface area contributed by atoms with Gasteiger partial charge in [-0.3, -0.25) is 24.9 Å². The van der Waals surface area contributed by atoms with Crippen LogP contribution in [-0.4, -0.2) is 36.2 Å². The Morgan fingerprint density at radius 3 is 2.72 bits per heavy atom. The standard InChI is InChI=1S/C17H14N4O4/c1-25-14-7-3-2-6-13(14)21-16(23)12(15(22)20-17(21)24)10-19-11-5-4-8-18-9-11/h2-10,12H,1H3,(H,20,22,24)/t12-/m0/s1. The van der Waals surface area contributed by atoms with Gasteiger partial charge in [-0.15, -0.1) is 0 Å². The minimum absolute atomic E-state index is 0.250. The Balaban J connectivity index is 1.93. The van der Waals surface area contributed by atoms with Crippen molar-refractivity contribution >= 4 is 35.4 Å². The average molecular weight is 338 g/mol. The number of barbiturate groups is 1. The summed E-state index contributed by atoms with van der Waals surface area (Å²) in [6, 6.07) is 9.07. The number of aromatic nitrogens is 1. The molecule has 0 bridgehead atoms. The van der Waals surface area contributed by atoms with E-state index < -0.39 is 23.8 Å². The zero-order valence-electron chi connectivity index (χ0n) is 13.2. The number of amides is 4. The molecule has 126 valence electrons. The van der Waals surface area contributed by atoms with E-state index in [1.807, 2.05) is 0 Å². The molecule has 1 atom stereocenters. The van der Waals surface area contributed by atoms with Crippen LogP contribution in [0, 0.1) is 5.92 Å². The van der Waals surface area contributed by atoms with Gasteiger partial charge in [-0.25, -0.2) is 9.69 Å². The Hall–Kier alpha value is -3.55. The van der Waals surface area contributed by atoms with Crippen molar-refractivity contribution in [1.29, 1.82) is 0 Å². The second-order valence-electron chi connectivity index (χ2n) is 5.11. The number of carbonyl (C=O) groups is 3. The van der Waals surface area contributed by atoms with E-state index in [-0.39, 0.29) is 5.69 Å². The third-order valence-corrected chi connectivity index (χ3v) is 3.55. The summed E-state index contributed by atoms with van der Waals surface area (Å²) in [5, 5.41) is 2.16. The Labute approximate surface area is 143 Å². The number of hydrogen-bond acceptors (Lipinski definition) is 6. The van der Waals surface area contributed by atoms with Crippen molar-refractivity contribution in [2.24, 2.45) is 10.9 Å². The van der Waals surface area contributed by atoms with E-state index in [9.17, 15) is 14.4 Å². The fourth-order valence-electron chi connectivity index (χ4n) is 2.36.